The van der Waals surface area contributed by atoms with Crippen molar-refractivity contribution in [2.24, 2.45) is 0 Å². The number of methoxy groups -OCH3 is 2. The third-order valence-corrected chi connectivity index (χ3v) is 3.27. The van der Waals surface area contributed by atoms with Crippen molar-refractivity contribution in [3.05, 3.63) is 28.1 Å². The lowest BCUT2D eigenvalue weighted by molar-refractivity contribution is -0.384. The van der Waals surface area contributed by atoms with E-state index >= 15 is 0 Å². The van der Waals surface area contributed by atoms with Crippen LogP contribution in [0, 0.1) is 15.9 Å². The number of nitro benzene ring substituents is 1. The molecule has 0 amide bonds. The topological polar surface area (TPSA) is 85.7 Å². The molecule has 1 aliphatic heterocycles. The molecular formula is C12H16FN3O4. The highest BCUT2D eigenvalue weighted by molar-refractivity contribution is 5.65. The first-order valence-electron chi connectivity index (χ1n) is 6.08. The van der Waals surface area contributed by atoms with E-state index in [1.54, 1.807) is 7.11 Å². The minimum atomic E-state index is -0.766. The first kappa shape index (κ1) is 14.5. The van der Waals surface area contributed by atoms with Gasteiger partial charge in [0.2, 0.25) is 0 Å². The number of hydrogen-bond acceptors (Lipinski definition) is 6. The maximum absolute atomic E-state index is 13.6. The lowest BCUT2D eigenvalue weighted by Gasteiger charge is -2.20. The molecular weight excluding hydrogens is 269 g/mol. The van der Waals surface area contributed by atoms with Gasteiger partial charge in [-0.15, -0.1) is 0 Å². The number of anilines is 1. The smallest absolute Gasteiger partial charge is 0.295 e. The normalized spacial score (nSPS) is 21.8. The lowest BCUT2D eigenvalue weighted by Crippen LogP contribution is -2.33. The van der Waals surface area contributed by atoms with Gasteiger partial charge in [0.1, 0.15) is 5.69 Å². The molecule has 1 heterocycles. The summed E-state index contributed by atoms with van der Waals surface area (Å²) >= 11 is 0. The number of benzene rings is 1. The van der Waals surface area contributed by atoms with Gasteiger partial charge in [-0.3, -0.25) is 10.1 Å². The summed E-state index contributed by atoms with van der Waals surface area (Å²) in [5.41, 5.74) is -0.117. The second kappa shape index (κ2) is 6.02. The van der Waals surface area contributed by atoms with Gasteiger partial charge < -0.3 is 20.1 Å². The minimum absolute atomic E-state index is 0.0435. The van der Waals surface area contributed by atoms with E-state index < -0.39 is 10.7 Å². The molecule has 0 saturated carbocycles. The van der Waals surface area contributed by atoms with Crippen molar-refractivity contribution >= 4 is 11.4 Å². The number of halogens is 1. The average Bonchev–Trinajstić information content (AvgIpc) is 2.87. The number of nitrogens with one attached hydrogen (secondary N) is 2. The zero-order chi connectivity index (χ0) is 14.7. The van der Waals surface area contributed by atoms with Crippen LogP contribution in [0.25, 0.3) is 0 Å². The van der Waals surface area contributed by atoms with Gasteiger partial charge in [0.25, 0.3) is 5.69 Å². The summed E-state index contributed by atoms with van der Waals surface area (Å²) in [4.78, 5) is 10.4. The zero-order valence-electron chi connectivity index (χ0n) is 11.2. The molecule has 0 aliphatic carbocycles. The maximum Gasteiger partial charge on any atom is 0.295 e. The van der Waals surface area contributed by atoms with Crippen molar-refractivity contribution in [1.82, 2.24) is 5.32 Å². The Morgan fingerprint density at radius 3 is 2.80 bits per heavy atom. The van der Waals surface area contributed by atoms with Gasteiger partial charge in [-0.1, -0.05) is 0 Å². The fourth-order valence-corrected chi connectivity index (χ4v) is 2.21. The fourth-order valence-electron chi connectivity index (χ4n) is 2.21. The minimum Gasteiger partial charge on any atom is -0.494 e. The van der Waals surface area contributed by atoms with E-state index in [9.17, 15) is 14.5 Å². The Kier molecular flexibility index (Phi) is 4.35. The number of nitrogens with zero attached hydrogens (tertiary/aromatic N) is 1. The molecule has 1 unspecified atom stereocenters. The van der Waals surface area contributed by atoms with Gasteiger partial charge in [0.15, 0.2) is 11.6 Å². The van der Waals surface area contributed by atoms with Crippen LogP contribution in [0.1, 0.15) is 0 Å². The van der Waals surface area contributed by atoms with Crippen molar-refractivity contribution in [2.45, 2.75) is 12.1 Å². The second-order valence-corrected chi connectivity index (χ2v) is 4.44. The predicted molar refractivity (Wildman–Crippen MR) is 70.7 cm³/mol. The molecule has 1 saturated heterocycles. The van der Waals surface area contributed by atoms with Crippen molar-refractivity contribution < 1.29 is 18.8 Å². The molecule has 0 radical (unpaired) electrons. The molecule has 1 aromatic rings. The van der Waals surface area contributed by atoms with Crippen molar-refractivity contribution in [1.29, 1.82) is 0 Å². The largest absolute Gasteiger partial charge is 0.494 e. The quantitative estimate of drug-likeness (QED) is 0.623. The molecule has 1 aromatic carbocycles. The highest BCUT2D eigenvalue weighted by atomic mass is 19.1. The van der Waals surface area contributed by atoms with Crippen LogP contribution in [0.15, 0.2) is 12.1 Å². The first-order chi connectivity index (χ1) is 9.56. The van der Waals surface area contributed by atoms with Crippen LogP contribution in [0.2, 0.25) is 0 Å². The number of rotatable bonds is 5. The molecule has 110 valence electrons. The van der Waals surface area contributed by atoms with Crippen LogP contribution >= 0.6 is 0 Å². The Labute approximate surface area is 115 Å². The van der Waals surface area contributed by atoms with Crippen LogP contribution in [0.5, 0.6) is 5.75 Å². The monoisotopic (exact) mass is 285 g/mol. The highest BCUT2D eigenvalue weighted by Crippen LogP contribution is 2.32. The molecule has 20 heavy (non-hydrogen) atoms. The van der Waals surface area contributed by atoms with Crippen LogP contribution in [-0.2, 0) is 4.74 Å². The van der Waals surface area contributed by atoms with E-state index in [0.29, 0.717) is 13.1 Å². The third kappa shape index (κ3) is 2.81. The molecule has 0 spiro atoms. The summed E-state index contributed by atoms with van der Waals surface area (Å²) in [6.45, 7) is 1.26. The predicted octanol–water partition coefficient (Wildman–Crippen LogP) is 1.14. The summed E-state index contributed by atoms with van der Waals surface area (Å²) < 4.78 is 23.7. The Balaban J connectivity index is 2.31. The van der Waals surface area contributed by atoms with Gasteiger partial charge in [0.05, 0.1) is 30.2 Å². The van der Waals surface area contributed by atoms with Crippen LogP contribution < -0.4 is 15.4 Å². The zero-order valence-corrected chi connectivity index (χ0v) is 11.2. The van der Waals surface area contributed by atoms with E-state index in [0.717, 1.165) is 6.07 Å². The average molecular weight is 285 g/mol. The van der Waals surface area contributed by atoms with Crippen LogP contribution in [0.3, 0.4) is 0 Å². The fraction of sp³-hybridized carbons (Fsp3) is 0.500. The summed E-state index contributed by atoms with van der Waals surface area (Å²) in [5.74, 6) is -0.810. The Bertz CT molecular complexity index is 512. The molecule has 1 fully saturated rings. The van der Waals surface area contributed by atoms with Gasteiger partial charge in [0, 0.05) is 26.3 Å². The standard InChI is InChI=1S/C12H16FN3O4/c1-19-11-4-8(10(16(17)18)3-7(11)13)15-9-5-14-6-12(9)20-2/h3-4,9,12,14-15H,5-6H2,1-2H3/t9?,12-/m0/s1. The van der Waals surface area contributed by atoms with Gasteiger partial charge in [-0.05, 0) is 0 Å². The van der Waals surface area contributed by atoms with Gasteiger partial charge >= 0.3 is 0 Å². The summed E-state index contributed by atoms with van der Waals surface area (Å²) in [6, 6.07) is 2.01. The van der Waals surface area contributed by atoms with Crippen molar-refractivity contribution in [3.63, 3.8) is 0 Å². The van der Waals surface area contributed by atoms with Crippen LogP contribution in [0.4, 0.5) is 15.8 Å². The first-order valence-corrected chi connectivity index (χ1v) is 6.08. The highest BCUT2D eigenvalue weighted by Gasteiger charge is 2.29. The Morgan fingerprint density at radius 2 is 2.20 bits per heavy atom. The van der Waals surface area contributed by atoms with Gasteiger partial charge in [-0.25, -0.2) is 4.39 Å². The van der Waals surface area contributed by atoms with E-state index in [1.165, 1.54) is 13.2 Å². The van der Waals surface area contributed by atoms with Crippen molar-refractivity contribution in [2.75, 3.05) is 32.6 Å². The summed E-state index contributed by atoms with van der Waals surface area (Å²) in [5, 5.41) is 17.1. The van der Waals surface area contributed by atoms with Crippen LogP contribution in [-0.4, -0.2) is 44.4 Å². The number of ether oxygens (including phenoxy) is 2. The number of nitro groups is 1. The molecule has 1 aliphatic rings. The molecule has 8 heteroatoms. The molecule has 0 aromatic heterocycles. The second-order valence-electron chi connectivity index (χ2n) is 4.44. The summed E-state index contributed by atoms with van der Waals surface area (Å²) in [6.07, 6.45) is -0.106. The van der Waals surface area contributed by atoms with E-state index in [4.69, 9.17) is 9.47 Å². The Hall–Kier alpha value is -1.93. The van der Waals surface area contributed by atoms with E-state index in [1.807, 2.05) is 0 Å². The SMILES string of the molecule is COc1cc(NC2CNC[C@@H]2OC)c([N+](=O)[O-])cc1F. The molecule has 2 atom stereocenters. The summed E-state index contributed by atoms with van der Waals surface area (Å²) in [7, 11) is 2.88. The van der Waals surface area contributed by atoms with E-state index in [-0.39, 0.29) is 29.3 Å². The third-order valence-electron chi connectivity index (χ3n) is 3.27. The molecule has 2 N–H and O–H groups in total. The van der Waals surface area contributed by atoms with Gasteiger partial charge in [-0.2, -0.15) is 0 Å². The lowest BCUT2D eigenvalue weighted by atomic mass is 10.1. The molecule has 7 nitrogen and oxygen atoms in total. The molecule has 0 bridgehead atoms. The van der Waals surface area contributed by atoms with Crippen molar-refractivity contribution in [3.8, 4) is 5.75 Å². The number of hydrogen-bond donors (Lipinski definition) is 2. The maximum atomic E-state index is 13.6. The molecule has 2 rings (SSSR count). The Morgan fingerprint density at radius 1 is 1.45 bits per heavy atom. The van der Waals surface area contributed by atoms with E-state index in [2.05, 4.69) is 10.6 Å².